The lowest BCUT2D eigenvalue weighted by Crippen LogP contribution is -2.35. The van der Waals surface area contributed by atoms with Gasteiger partial charge in [-0.2, -0.15) is 0 Å². The summed E-state index contributed by atoms with van der Waals surface area (Å²) in [5.74, 6) is 0.458. The fourth-order valence-electron chi connectivity index (χ4n) is 1.96. The van der Waals surface area contributed by atoms with Crippen molar-refractivity contribution in [1.29, 1.82) is 0 Å². The Labute approximate surface area is 103 Å². The second-order valence-electron chi connectivity index (χ2n) is 5.03. The first-order chi connectivity index (χ1) is 8.00. The molecule has 0 radical (unpaired) electrons. The molecular formula is C13H23N3O. The van der Waals surface area contributed by atoms with E-state index < -0.39 is 0 Å². The van der Waals surface area contributed by atoms with Crippen molar-refractivity contribution in [2.24, 2.45) is 0 Å². The van der Waals surface area contributed by atoms with Crippen molar-refractivity contribution in [3.63, 3.8) is 0 Å². The molecule has 0 saturated heterocycles. The molecule has 17 heavy (non-hydrogen) atoms. The van der Waals surface area contributed by atoms with E-state index in [4.69, 9.17) is 0 Å². The van der Waals surface area contributed by atoms with Gasteiger partial charge in [-0.1, -0.05) is 20.3 Å². The molecular weight excluding hydrogens is 214 g/mol. The van der Waals surface area contributed by atoms with Crippen molar-refractivity contribution in [2.75, 3.05) is 5.32 Å². The first-order valence-electron chi connectivity index (χ1n) is 6.34. The van der Waals surface area contributed by atoms with Crippen LogP contribution in [-0.2, 0) is 6.54 Å². The lowest BCUT2D eigenvalue weighted by atomic mass is 9.99. The van der Waals surface area contributed by atoms with E-state index in [0.717, 1.165) is 25.8 Å². The normalized spacial score (nSPS) is 11.5. The molecule has 1 aromatic rings. The molecule has 1 N–H and O–H groups in total. The largest absolute Gasteiger partial charge is 0.361 e. The topological polar surface area (TPSA) is 46.9 Å². The van der Waals surface area contributed by atoms with Gasteiger partial charge in [0.25, 0.3) is 5.56 Å². The molecule has 0 bridgehead atoms. The second-order valence-corrected chi connectivity index (χ2v) is 5.03. The SMILES string of the molecule is CCCn1ccnc(NC(C)(C)CCC)c1=O. The molecule has 0 aliphatic heterocycles. The van der Waals surface area contributed by atoms with Crippen LogP contribution >= 0.6 is 0 Å². The Hall–Kier alpha value is -1.32. The molecule has 96 valence electrons. The third kappa shape index (κ3) is 3.88. The maximum atomic E-state index is 12.1. The molecule has 0 saturated carbocycles. The first kappa shape index (κ1) is 13.7. The number of aryl methyl sites for hydroxylation is 1. The third-order valence-electron chi connectivity index (χ3n) is 2.71. The molecule has 0 aliphatic rings. The maximum absolute atomic E-state index is 12.1. The van der Waals surface area contributed by atoms with Crippen LogP contribution < -0.4 is 10.9 Å². The minimum Gasteiger partial charge on any atom is -0.361 e. The average molecular weight is 237 g/mol. The summed E-state index contributed by atoms with van der Waals surface area (Å²) in [4.78, 5) is 16.2. The number of nitrogens with one attached hydrogen (secondary N) is 1. The van der Waals surface area contributed by atoms with Crippen LogP contribution in [0.15, 0.2) is 17.2 Å². The molecule has 0 aromatic carbocycles. The standard InChI is InChI=1S/C13H23N3O/c1-5-7-13(3,4)15-11-12(17)16(9-6-2)10-8-14-11/h8,10H,5-7,9H2,1-4H3,(H,14,15). The fourth-order valence-corrected chi connectivity index (χ4v) is 1.96. The molecule has 0 unspecified atom stereocenters. The quantitative estimate of drug-likeness (QED) is 0.827. The van der Waals surface area contributed by atoms with E-state index in [1.54, 1.807) is 17.0 Å². The number of anilines is 1. The highest BCUT2D eigenvalue weighted by atomic mass is 16.1. The van der Waals surface area contributed by atoms with Crippen LogP contribution in [0, 0.1) is 0 Å². The van der Waals surface area contributed by atoms with E-state index in [9.17, 15) is 4.79 Å². The van der Waals surface area contributed by atoms with Gasteiger partial charge < -0.3 is 9.88 Å². The third-order valence-corrected chi connectivity index (χ3v) is 2.71. The predicted molar refractivity (Wildman–Crippen MR) is 71.4 cm³/mol. The minimum atomic E-state index is -0.0910. The molecule has 4 nitrogen and oxygen atoms in total. The van der Waals surface area contributed by atoms with Crippen molar-refractivity contribution < 1.29 is 0 Å². The van der Waals surface area contributed by atoms with Crippen LogP contribution in [0.4, 0.5) is 5.82 Å². The Bertz CT molecular complexity index is 409. The second kappa shape index (κ2) is 5.84. The van der Waals surface area contributed by atoms with E-state index in [1.165, 1.54) is 0 Å². The van der Waals surface area contributed by atoms with Crippen LogP contribution in [0.5, 0.6) is 0 Å². The molecule has 1 heterocycles. The fraction of sp³-hybridized carbons (Fsp3) is 0.692. The Balaban J connectivity index is 2.92. The highest BCUT2D eigenvalue weighted by Gasteiger charge is 2.18. The van der Waals surface area contributed by atoms with E-state index in [-0.39, 0.29) is 11.1 Å². The van der Waals surface area contributed by atoms with Gasteiger partial charge in [0.1, 0.15) is 0 Å². The van der Waals surface area contributed by atoms with Gasteiger partial charge in [-0.05, 0) is 26.7 Å². The van der Waals surface area contributed by atoms with E-state index in [2.05, 4.69) is 38.0 Å². The summed E-state index contributed by atoms with van der Waals surface area (Å²) < 4.78 is 1.71. The highest BCUT2D eigenvalue weighted by Crippen LogP contribution is 2.15. The van der Waals surface area contributed by atoms with Gasteiger partial charge in [-0.25, -0.2) is 4.98 Å². The minimum absolute atomic E-state index is 0.0291. The summed E-state index contributed by atoms with van der Waals surface area (Å²) in [6, 6.07) is 0. The van der Waals surface area contributed by atoms with Crippen molar-refractivity contribution in [1.82, 2.24) is 9.55 Å². The highest BCUT2D eigenvalue weighted by molar-refractivity contribution is 5.34. The maximum Gasteiger partial charge on any atom is 0.293 e. The Morgan fingerprint density at radius 1 is 1.35 bits per heavy atom. The lowest BCUT2D eigenvalue weighted by molar-refractivity contribution is 0.506. The zero-order valence-electron chi connectivity index (χ0n) is 11.3. The molecule has 0 aliphatic carbocycles. The summed E-state index contributed by atoms with van der Waals surface area (Å²) in [6.45, 7) is 9.12. The predicted octanol–water partition coefficient (Wildman–Crippen LogP) is 2.64. The van der Waals surface area contributed by atoms with Gasteiger partial charge in [0.2, 0.25) is 0 Å². The zero-order chi connectivity index (χ0) is 12.9. The molecule has 1 rings (SSSR count). The summed E-state index contributed by atoms with van der Waals surface area (Å²) in [5.41, 5.74) is -0.120. The number of hydrogen-bond acceptors (Lipinski definition) is 3. The average Bonchev–Trinajstić information content (AvgIpc) is 2.24. The first-order valence-corrected chi connectivity index (χ1v) is 6.34. The van der Waals surface area contributed by atoms with Crippen LogP contribution in [0.25, 0.3) is 0 Å². The van der Waals surface area contributed by atoms with Gasteiger partial charge in [0, 0.05) is 24.5 Å². The zero-order valence-corrected chi connectivity index (χ0v) is 11.3. The van der Waals surface area contributed by atoms with Gasteiger partial charge in [-0.15, -0.1) is 0 Å². The molecule has 0 amide bonds. The van der Waals surface area contributed by atoms with E-state index in [1.807, 2.05) is 0 Å². The van der Waals surface area contributed by atoms with Gasteiger partial charge in [0.15, 0.2) is 5.82 Å². The van der Waals surface area contributed by atoms with Crippen molar-refractivity contribution in [3.05, 3.63) is 22.7 Å². The van der Waals surface area contributed by atoms with E-state index in [0.29, 0.717) is 5.82 Å². The van der Waals surface area contributed by atoms with Crippen LogP contribution in [-0.4, -0.2) is 15.1 Å². The van der Waals surface area contributed by atoms with Crippen LogP contribution in [0.3, 0.4) is 0 Å². The van der Waals surface area contributed by atoms with Crippen molar-refractivity contribution in [2.45, 2.75) is 59.0 Å². The monoisotopic (exact) mass is 237 g/mol. The van der Waals surface area contributed by atoms with Crippen molar-refractivity contribution >= 4 is 5.82 Å². The van der Waals surface area contributed by atoms with E-state index >= 15 is 0 Å². The molecule has 0 atom stereocenters. The molecule has 0 fully saturated rings. The lowest BCUT2D eigenvalue weighted by Gasteiger charge is -2.26. The Morgan fingerprint density at radius 3 is 2.65 bits per heavy atom. The van der Waals surface area contributed by atoms with Gasteiger partial charge in [0.05, 0.1) is 0 Å². The summed E-state index contributed by atoms with van der Waals surface area (Å²) in [5, 5.41) is 3.24. The summed E-state index contributed by atoms with van der Waals surface area (Å²) >= 11 is 0. The van der Waals surface area contributed by atoms with Crippen molar-refractivity contribution in [3.8, 4) is 0 Å². The van der Waals surface area contributed by atoms with Crippen LogP contribution in [0.2, 0.25) is 0 Å². The number of aromatic nitrogens is 2. The van der Waals surface area contributed by atoms with Gasteiger partial charge >= 0.3 is 0 Å². The Morgan fingerprint density at radius 2 is 2.06 bits per heavy atom. The molecule has 4 heteroatoms. The summed E-state index contributed by atoms with van der Waals surface area (Å²) in [6.07, 6.45) is 6.46. The number of rotatable bonds is 6. The molecule has 0 spiro atoms. The molecule has 1 aromatic heterocycles. The Kier molecular flexibility index (Phi) is 4.73. The smallest absolute Gasteiger partial charge is 0.293 e. The van der Waals surface area contributed by atoms with Gasteiger partial charge in [-0.3, -0.25) is 4.79 Å². The summed E-state index contributed by atoms with van der Waals surface area (Å²) in [7, 11) is 0. The number of nitrogens with zero attached hydrogens (tertiary/aromatic N) is 2. The number of hydrogen-bond donors (Lipinski definition) is 1. The van der Waals surface area contributed by atoms with Crippen LogP contribution in [0.1, 0.15) is 47.0 Å².